The van der Waals surface area contributed by atoms with Gasteiger partial charge in [-0.3, -0.25) is 9.59 Å². The van der Waals surface area contributed by atoms with Crippen LogP contribution in [0.25, 0.3) is 0 Å². The summed E-state index contributed by atoms with van der Waals surface area (Å²) in [6, 6.07) is 8.63. The number of nitrogens with one attached hydrogen (secondary N) is 2. The summed E-state index contributed by atoms with van der Waals surface area (Å²) < 4.78 is 0. The molecule has 1 aliphatic carbocycles. The number of benzene rings is 1. The van der Waals surface area contributed by atoms with Crippen molar-refractivity contribution in [2.45, 2.75) is 56.5 Å². The van der Waals surface area contributed by atoms with Crippen LogP contribution >= 0.6 is 0 Å². The standard InChI is InChI=1S/C27H37N7O2/c1-5-23(35)30-20-10-11-21(16-20)34(4)22-17-29-24(25(28)36)26(32-22)31-19-8-6-18(7-9-19)27(2)12-14-33(3)15-13-27/h5-9,17,20-21H,1,10-16H2,2-4H3,(H2,28,36)(H,30,35)(H,31,32)/t20?,21-/m1/s1. The monoisotopic (exact) mass is 491 g/mol. The minimum absolute atomic E-state index is 0.0982. The second kappa shape index (κ2) is 10.7. The molecule has 2 amide bonds. The van der Waals surface area contributed by atoms with Crippen LogP contribution in [0.1, 0.15) is 55.1 Å². The summed E-state index contributed by atoms with van der Waals surface area (Å²) in [5, 5.41) is 6.22. The first-order valence-electron chi connectivity index (χ1n) is 12.6. The first-order valence-corrected chi connectivity index (χ1v) is 12.6. The maximum Gasteiger partial charge on any atom is 0.271 e. The minimum Gasteiger partial charge on any atom is -0.364 e. The van der Waals surface area contributed by atoms with Crippen LogP contribution in [-0.4, -0.2) is 66.0 Å². The lowest BCUT2D eigenvalue weighted by atomic mass is 9.74. The van der Waals surface area contributed by atoms with Gasteiger partial charge < -0.3 is 26.2 Å². The molecule has 0 bridgehead atoms. The topological polar surface area (TPSA) is 116 Å². The van der Waals surface area contributed by atoms with Crippen molar-refractivity contribution >= 4 is 29.1 Å². The van der Waals surface area contributed by atoms with Crippen LogP contribution in [-0.2, 0) is 10.2 Å². The molecule has 192 valence electrons. The van der Waals surface area contributed by atoms with Crippen LogP contribution in [0, 0.1) is 0 Å². The zero-order valence-corrected chi connectivity index (χ0v) is 21.5. The molecule has 1 aliphatic heterocycles. The number of hydrogen-bond acceptors (Lipinski definition) is 7. The molecule has 2 atom stereocenters. The highest BCUT2D eigenvalue weighted by Gasteiger charge is 2.31. The molecular weight excluding hydrogens is 454 g/mol. The quantitative estimate of drug-likeness (QED) is 0.486. The average molecular weight is 492 g/mol. The molecule has 2 aromatic rings. The van der Waals surface area contributed by atoms with E-state index in [2.05, 4.69) is 53.2 Å². The molecule has 1 aromatic heterocycles. The van der Waals surface area contributed by atoms with Gasteiger partial charge in [-0.05, 0) is 81.4 Å². The third-order valence-corrected chi connectivity index (χ3v) is 7.77. The van der Waals surface area contributed by atoms with Gasteiger partial charge in [0.2, 0.25) is 5.91 Å². The van der Waals surface area contributed by atoms with Crippen molar-refractivity contribution < 1.29 is 9.59 Å². The van der Waals surface area contributed by atoms with Crippen molar-refractivity contribution in [2.75, 3.05) is 37.4 Å². The van der Waals surface area contributed by atoms with E-state index in [0.717, 1.165) is 50.9 Å². The van der Waals surface area contributed by atoms with Crippen molar-refractivity contribution in [1.29, 1.82) is 0 Å². The number of piperidine rings is 1. The molecule has 2 heterocycles. The van der Waals surface area contributed by atoms with Crippen LogP contribution < -0.4 is 21.3 Å². The van der Waals surface area contributed by atoms with Crippen molar-refractivity contribution in [3.63, 3.8) is 0 Å². The number of carbonyl (C=O) groups is 2. The van der Waals surface area contributed by atoms with Gasteiger partial charge in [-0.2, -0.15) is 0 Å². The van der Waals surface area contributed by atoms with Gasteiger partial charge >= 0.3 is 0 Å². The Morgan fingerprint density at radius 3 is 2.56 bits per heavy atom. The van der Waals surface area contributed by atoms with Gasteiger partial charge in [0.15, 0.2) is 11.5 Å². The van der Waals surface area contributed by atoms with E-state index in [9.17, 15) is 9.59 Å². The fourth-order valence-electron chi connectivity index (χ4n) is 5.20. The average Bonchev–Trinajstić information content (AvgIpc) is 3.34. The summed E-state index contributed by atoms with van der Waals surface area (Å²) in [5.41, 5.74) is 7.99. The largest absolute Gasteiger partial charge is 0.364 e. The Morgan fingerprint density at radius 2 is 1.92 bits per heavy atom. The molecule has 0 radical (unpaired) electrons. The van der Waals surface area contributed by atoms with E-state index in [1.54, 1.807) is 6.20 Å². The van der Waals surface area contributed by atoms with Gasteiger partial charge in [0.25, 0.3) is 5.91 Å². The van der Waals surface area contributed by atoms with Crippen molar-refractivity contribution in [3.8, 4) is 0 Å². The predicted octanol–water partition coefficient (Wildman–Crippen LogP) is 2.96. The molecule has 1 aromatic carbocycles. The Morgan fingerprint density at radius 1 is 1.22 bits per heavy atom. The first-order chi connectivity index (χ1) is 17.2. The van der Waals surface area contributed by atoms with Crippen LogP contribution in [0.5, 0.6) is 0 Å². The number of anilines is 3. The second-order valence-corrected chi connectivity index (χ2v) is 10.3. The molecule has 4 N–H and O–H groups in total. The maximum atomic E-state index is 12.1. The van der Waals surface area contributed by atoms with Crippen molar-refractivity contribution in [1.82, 2.24) is 20.2 Å². The number of aromatic nitrogens is 2. The van der Waals surface area contributed by atoms with Crippen LogP contribution in [0.2, 0.25) is 0 Å². The SMILES string of the molecule is C=CC(=O)NC1CC[C@@H](N(C)c2cnc(C(N)=O)c(Nc3ccc(C4(C)CCN(C)CC4)cc3)n2)C1. The number of nitrogens with two attached hydrogens (primary N) is 1. The molecule has 9 nitrogen and oxygen atoms in total. The molecule has 4 rings (SSSR count). The molecule has 1 saturated carbocycles. The number of primary amides is 1. The van der Waals surface area contributed by atoms with Crippen LogP contribution in [0.4, 0.5) is 17.3 Å². The summed E-state index contributed by atoms with van der Waals surface area (Å²) in [6.07, 6.45) is 7.72. The van der Waals surface area contributed by atoms with E-state index < -0.39 is 5.91 Å². The molecule has 2 fully saturated rings. The van der Waals surface area contributed by atoms with Crippen molar-refractivity contribution in [2.24, 2.45) is 5.73 Å². The Hall–Kier alpha value is -3.46. The lowest BCUT2D eigenvalue weighted by molar-refractivity contribution is -0.117. The summed E-state index contributed by atoms with van der Waals surface area (Å²) in [7, 11) is 4.12. The normalized spacial score (nSPS) is 21.5. The minimum atomic E-state index is -0.636. The van der Waals surface area contributed by atoms with E-state index in [1.807, 2.05) is 24.1 Å². The van der Waals surface area contributed by atoms with Gasteiger partial charge in [0.05, 0.1) is 6.20 Å². The summed E-state index contributed by atoms with van der Waals surface area (Å²) >= 11 is 0. The summed E-state index contributed by atoms with van der Waals surface area (Å²) in [5.74, 6) is 0.178. The van der Waals surface area contributed by atoms with Gasteiger partial charge in [0.1, 0.15) is 5.82 Å². The second-order valence-electron chi connectivity index (χ2n) is 10.3. The Labute approximate surface area is 213 Å². The molecule has 9 heteroatoms. The molecule has 2 aliphatic rings. The number of hydrogen-bond donors (Lipinski definition) is 3. The van der Waals surface area contributed by atoms with E-state index in [-0.39, 0.29) is 29.1 Å². The molecule has 1 saturated heterocycles. The number of rotatable bonds is 8. The highest BCUT2D eigenvalue weighted by Crippen LogP contribution is 2.35. The third-order valence-electron chi connectivity index (χ3n) is 7.77. The summed E-state index contributed by atoms with van der Waals surface area (Å²) in [4.78, 5) is 37.2. The number of likely N-dealkylation sites (tertiary alicyclic amines) is 1. The Balaban J connectivity index is 1.49. The fourth-order valence-corrected chi connectivity index (χ4v) is 5.20. The van der Waals surface area contributed by atoms with E-state index in [4.69, 9.17) is 10.7 Å². The molecule has 36 heavy (non-hydrogen) atoms. The molecular formula is C27H37N7O2. The van der Waals surface area contributed by atoms with E-state index >= 15 is 0 Å². The smallest absolute Gasteiger partial charge is 0.271 e. The van der Waals surface area contributed by atoms with Gasteiger partial charge in [-0.25, -0.2) is 9.97 Å². The first kappa shape index (κ1) is 25.6. The highest BCUT2D eigenvalue weighted by atomic mass is 16.2. The van der Waals surface area contributed by atoms with Crippen molar-refractivity contribution in [3.05, 3.63) is 54.4 Å². The lowest BCUT2D eigenvalue weighted by Gasteiger charge is -2.38. The molecule has 0 spiro atoms. The Bertz CT molecular complexity index is 1110. The summed E-state index contributed by atoms with van der Waals surface area (Å²) in [6.45, 7) is 8.03. The third kappa shape index (κ3) is 5.67. The van der Waals surface area contributed by atoms with Gasteiger partial charge in [-0.1, -0.05) is 25.6 Å². The van der Waals surface area contributed by atoms with Gasteiger partial charge in [-0.15, -0.1) is 0 Å². The fraction of sp³-hybridized carbons (Fsp3) is 0.481. The maximum absolute atomic E-state index is 12.1. The van der Waals surface area contributed by atoms with E-state index in [1.165, 1.54) is 11.6 Å². The van der Waals surface area contributed by atoms with Crippen LogP contribution in [0.15, 0.2) is 43.1 Å². The zero-order valence-electron chi connectivity index (χ0n) is 21.5. The van der Waals surface area contributed by atoms with Crippen LogP contribution in [0.3, 0.4) is 0 Å². The number of amides is 2. The highest BCUT2D eigenvalue weighted by molar-refractivity contribution is 5.96. The number of nitrogens with zero attached hydrogens (tertiary/aromatic N) is 4. The lowest BCUT2D eigenvalue weighted by Crippen LogP contribution is -2.38. The Kier molecular flexibility index (Phi) is 7.59. The molecule has 1 unspecified atom stereocenters. The number of carbonyl (C=O) groups excluding carboxylic acids is 2. The predicted molar refractivity (Wildman–Crippen MR) is 143 cm³/mol. The zero-order chi connectivity index (χ0) is 25.9. The van der Waals surface area contributed by atoms with Gasteiger partial charge in [0, 0.05) is 24.8 Å². The van der Waals surface area contributed by atoms with E-state index in [0.29, 0.717) is 11.6 Å².